The van der Waals surface area contributed by atoms with Crippen LogP contribution >= 0.6 is 28.1 Å². The van der Waals surface area contributed by atoms with E-state index in [4.69, 9.17) is 22.7 Å². The third-order valence-electron chi connectivity index (χ3n) is 2.53. The number of hydrogen-bond acceptors (Lipinski definition) is 3. The maximum Gasteiger partial charge on any atom is 0.224 e. The van der Waals surface area contributed by atoms with Gasteiger partial charge < -0.3 is 10.5 Å². The van der Waals surface area contributed by atoms with Crippen molar-refractivity contribution in [3.8, 4) is 5.88 Å². The highest BCUT2D eigenvalue weighted by Crippen LogP contribution is 2.19. The molecule has 2 N–H and O–H groups in total. The minimum Gasteiger partial charge on any atom is -0.472 e. The number of nitrogens with two attached hydrogens (primary N) is 1. The summed E-state index contributed by atoms with van der Waals surface area (Å²) in [4.78, 5) is 4.62. The van der Waals surface area contributed by atoms with Gasteiger partial charge in [0.05, 0.1) is 5.56 Å². The lowest BCUT2D eigenvalue weighted by molar-refractivity contribution is 0.292. The van der Waals surface area contributed by atoms with Gasteiger partial charge in [0.25, 0.3) is 0 Å². The Bertz CT molecular complexity index is 616. The average molecular weight is 337 g/mol. The summed E-state index contributed by atoms with van der Waals surface area (Å²) in [6.07, 6.45) is 0. The largest absolute Gasteiger partial charge is 0.472 e. The minimum absolute atomic E-state index is 0.289. The first-order valence-electron chi connectivity index (χ1n) is 5.71. The monoisotopic (exact) mass is 336 g/mol. The van der Waals surface area contributed by atoms with E-state index in [2.05, 4.69) is 20.9 Å². The maximum atomic E-state index is 5.72. The molecule has 0 fully saturated rings. The predicted molar refractivity (Wildman–Crippen MR) is 83.3 cm³/mol. The summed E-state index contributed by atoms with van der Waals surface area (Å²) in [5, 5.41) is 0. The van der Waals surface area contributed by atoms with Crippen molar-refractivity contribution in [3.63, 3.8) is 0 Å². The first-order chi connectivity index (χ1) is 9.06. The zero-order chi connectivity index (χ0) is 13.8. The van der Waals surface area contributed by atoms with Crippen LogP contribution in [0.1, 0.15) is 16.8 Å². The molecule has 0 unspecified atom stereocenters. The summed E-state index contributed by atoms with van der Waals surface area (Å²) < 4.78 is 6.74. The van der Waals surface area contributed by atoms with Gasteiger partial charge in [-0.3, -0.25) is 0 Å². The molecule has 98 valence electrons. The summed E-state index contributed by atoms with van der Waals surface area (Å²) in [5.74, 6) is 0.479. The second-order valence-corrected chi connectivity index (χ2v) is 5.44. The first-order valence-corrected chi connectivity index (χ1v) is 6.91. The molecule has 5 heteroatoms. The van der Waals surface area contributed by atoms with E-state index in [1.807, 2.05) is 43.3 Å². The minimum atomic E-state index is 0.289. The van der Waals surface area contributed by atoms with Gasteiger partial charge in [-0.25, -0.2) is 4.98 Å². The molecule has 0 atom stereocenters. The fourth-order valence-corrected chi connectivity index (χ4v) is 2.21. The van der Waals surface area contributed by atoms with Crippen molar-refractivity contribution in [2.75, 3.05) is 0 Å². The number of nitrogens with zero attached hydrogens (tertiary/aromatic N) is 1. The van der Waals surface area contributed by atoms with Crippen molar-refractivity contribution in [1.29, 1.82) is 0 Å². The molecule has 0 radical (unpaired) electrons. The number of rotatable bonds is 4. The van der Waals surface area contributed by atoms with Crippen LogP contribution in [-0.4, -0.2) is 9.97 Å². The Kier molecular flexibility index (Phi) is 4.50. The first kappa shape index (κ1) is 14.0. The molecule has 0 spiro atoms. The van der Waals surface area contributed by atoms with Gasteiger partial charge in [-0.15, -0.1) is 0 Å². The standard InChI is InChI=1S/C14H13BrN2OS/c1-9-5-6-12(13(16)19)14(17-9)18-8-10-3-2-4-11(15)7-10/h2-7H,8H2,1H3,(H2,16,19). The van der Waals surface area contributed by atoms with Crippen LogP contribution in [-0.2, 0) is 6.61 Å². The lowest BCUT2D eigenvalue weighted by atomic mass is 10.2. The third kappa shape index (κ3) is 3.75. The van der Waals surface area contributed by atoms with Gasteiger partial charge in [-0.2, -0.15) is 0 Å². The van der Waals surface area contributed by atoms with E-state index in [0.717, 1.165) is 15.7 Å². The Hall–Kier alpha value is -1.46. The average Bonchev–Trinajstić information content (AvgIpc) is 2.36. The zero-order valence-electron chi connectivity index (χ0n) is 10.4. The molecule has 3 nitrogen and oxygen atoms in total. The van der Waals surface area contributed by atoms with E-state index >= 15 is 0 Å². The molecule has 0 bridgehead atoms. The molecule has 1 aromatic heterocycles. The van der Waals surface area contributed by atoms with Gasteiger partial charge in [-0.1, -0.05) is 40.3 Å². The van der Waals surface area contributed by atoms with Gasteiger partial charge in [0, 0.05) is 10.2 Å². The Labute approximate surface area is 125 Å². The molecule has 19 heavy (non-hydrogen) atoms. The Morgan fingerprint density at radius 1 is 1.37 bits per heavy atom. The molecular formula is C14H13BrN2OS. The second kappa shape index (κ2) is 6.12. The molecule has 0 saturated carbocycles. The van der Waals surface area contributed by atoms with Crippen LogP contribution in [0.3, 0.4) is 0 Å². The second-order valence-electron chi connectivity index (χ2n) is 4.09. The highest BCUT2D eigenvalue weighted by atomic mass is 79.9. The molecule has 0 amide bonds. The molecule has 2 aromatic rings. The van der Waals surface area contributed by atoms with Crippen LogP contribution in [0, 0.1) is 6.92 Å². The summed E-state index contributed by atoms with van der Waals surface area (Å²) in [6.45, 7) is 2.32. The molecular weight excluding hydrogens is 324 g/mol. The van der Waals surface area contributed by atoms with Crippen LogP contribution in [0.15, 0.2) is 40.9 Å². The zero-order valence-corrected chi connectivity index (χ0v) is 12.8. The van der Waals surface area contributed by atoms with E-state index in [9.17, 15) is 0 Å². The molecule has 0 saturated heterocycles. The normalized spacial score (nSPS) is 10.2. The Balaban J connectivity index is 2.19. The van der Waals surface area contributed by atoms with Crippen molar-refractivity contribution in [2.45, 2.75) is 13.5 Å². The summed E-state index contributed by atoms with van der Waals surface area (Å²) in [5.41, 5.74) is 8.24. The van der Waals surface area contributed by atoms with Crippen molar-refractivity contribution >= 4 is 33.1 Å². The van der Waals surface area contributed by atoms with Gasteiger partial charge in [0.2, 0.25) is 5.88 Å². The van der Waals surface area contributed by atoms with E-state index < -0.39 is 0 Å². The Morgan fingerprint density at radius 2 is 2.16 bits per heavy atom. The van der Waals surface area contributed by atoms with Crippen LogP contribution < -0.4 is 10.5 Å². The van der Waals surface area contributed by atoms with E-state index in [1.165, 1.54) is 0 Å². The van der Waals surface area contributed by atoms with Crippen LogP contribution in [0.4, 0.5) is 0 Å². The molecule has 1 aromatic carbocycles. The fourth-order valence-electron chi connectivity index (χ4n) is 1.61. The van der Waals surface area contributed by atoms with E-state index in [1.54, 1.807) is 0 Å². The summed E-state index contributed by atoms with van der Waals surface area (Å²) >= 11 is 8.42. The number of ether oxygens (including phenoxy) is 1. The number of pyridine rings is 1. The van der Waals surface area contributed by atoms with E-state index in [-0.39, 0.29) is 4.99 Å². The molecule has 0 aliphatic heterocycles. The van der Waals surface area contributed by atoms with Crippen LogP contribution in [0.25, 0.3) is 0 Å². The fraction of sp³-hybridized carbons (Fsp3) is 0.143. The topological polar surface area (TPSA) is 48.1 Å². The molecule has 1 heterocycles. The summed E-state index contributed by atoms with van der Waals surface area (Å²) in [6, 6.07) is 11.6. The number of benzene rings is 1. The molecule has 2 rings (SSSR count). The van der Waals surface area contributed by atoms with Gasteiger partial charge in [0.15, 0.2) is 0 Å². The highest BCUT2D eigenvalue weighted by molar-refractivity contribution is 9.10. The summed E-state index contributed by atoms with van der Waals surface area (Å²) in [7, 11) is 0. The lowest BCUT2D eigenvalue weighted by Crippen LogP contribution is -2.13. The SMILES string of the molecule is Cc1ccc(C(N)=S)c(OCc2cccc(Br)c2)n1. The van der Waals surface area contributed by atoms with Crippen molar-refractivity contribution in [3.05, 3.63) is 57.7 Å². The number of thiocarbonyl (C=S) groups is 1. The third-order valence-corrected chi connectivity index (χ3v) is 3.24. The smallest absolute Gasteiger partial charge is 0.224 e. The van der Waals surface area contributed by atoms with Crippen molar-refractivity contribution in [1.82, 2.24) is 4.98 Å². The number of aromatic nitrogens is 1. The number of hydrogen-bond donors (Lipinski definition) is 1. The lowest BCUT2D eigenvalue weighted by Gasteiger charge is -2.10. The maximum absolute atomic E-state index is 5.72. The van der Waals surface area contributed by atoms with E-state index in [0.29, 0.717) is 18.1 Å². The molecule has 0 aliphatic rings. The van der Waals surface area contributed by atoms with Crippen molar-refractivity contribution in [2.24, 2.45) is 5.73 Å². The number of aryl methyl sites for hydroxylation is 1. The van der Waals surface area contributed by atoms with Crippen LogP contribution in [0.2, 0.25) is 0 Å². The van der Waals surface area contributed by atoms with Gasteiger partial charge >= 0.3 is 0 Å². The number of halogens is 1. The van der Waals surface area contributed by atoms with Crippen LogP contribution in [0.5, 0.6) is 5.88 Å². The van der Waals surface area contributed by atoms with Gasteiger partial charge in [-0.05, 0) is 36.8 Å². The quantitative estimate of drug-likeness (QED) is 0.869. The highest BCUT2D eigenvalue weighted by Gasteiger charge is 2.09. The molecule has 0 aliphatic carbocycles. The van der Waals surface area contributed by atoms with Gasteiger partial charge in [0.1, 0.15) is 11.6 Å². The van der Waals surface area contributed by atoms with Crippen molar-refractivity contribution < 1.29 is 4.74 Å². The Morgan fingerprint density at radius 3 is 2.84 bits per heavy atom. The predicted octanol–water partition coefficient (Wildman–Crippen LogP) is 3.37.